The maximum Gasteiger partial charge on any atom is 0.122 e. The second-order valence-corrected chi connectivity index (χ2v) is 6.18. The van der Waals surface area contributed by atoms with Gasteiger partial charge in [0.2, 0.25) is 0 Å². The fraction of sp³-hybridized carbons (Fsp3) is 0.625. The van der Waals surface area contributed by atoms with Crippen LogP contribution in [0.3, 0.4) is 0 Å². The Kier molecular flexibility index (Phi) is 5.67. The van der Waals surface area contributed by atoms with Crippen molar-refractivity contribution >= 4 is 0 Å². The Bertz CT molecular complexity index is 366. The molecule has 0 spiro atoms. The molecule has 0 aliphatic heterocycles. The molecule has 0 fully saturated rings. The lowest BCUT2D eigenvalue weighted by atomic mass is 9.92. The summed E-state index contributed by atoms with van der Waals surface area (Å²) in [7, 11) is 0. The van der Waals surface area contributed by atoms with E-state index in [2.05, 4.69) is 58.1 Å². The molecule has 0 aromatic heterocycles. The zero-order chi connectivity index (χ0) is 13.6. The molecule has 0 bridgehead atoms. The average molecular weight is 249 g/mol. The molecule has 2 nitrogen and oxygen atoms in total. The predicted octanol–water partition coefficient (Wildman–Crippen LogP) is 3.71. The van der Waals surface area contributed by atoms with Gasteiger partial charge in [0.1, 0.15) is 12.4 Å². The van der Waals surface area contributed by atoms with E-state index >= 15 is 0 Å². The minimum Gasteiger partial charge on any atom is -0.492 e. The van der Waals surface area contributed by atoms with E-state index in [4.69, 9.17) is 4.74 Å². The highest BCUT2D eigenvalue weighted by Crippen LogP contribution is 2.18. The van der Waals surface area contributed by atoms with E-state index in [1.165, 1.54) is 17.5 Å². The largest absolute Gasteiger partial charge is 0.492 e. The van der Waals surface area contributed by atoms with E-state index in [1.54, 1.807) is 0 Å². The molecular formula is C16H27NO. The summed E-state index contributed by atoms with van der Waals surface area (Å²) in [6, 6.07) is 6.30. The zero-order valence-electron chi connectivity index (χ0n) is 12.5. The molecule has 1 aromatic carbocycles. The summed E-state index contributed by atoms with van der Waals surface area (Å²) in [5, 5.41) is 3.42. The summed E-state index contributed by atoms with van der Waals surface area (Å²) in [5.74, 6) is 0.998. The van der Waals surface area contributed by atoms with Crippen LogP contribution in [0, 0.1) is 19.3 Å². The maximum absolute atomic E-state index is 5.76. The van der Waals surface area contributed by atoms with Gasteiger partial charge in [-0.2, -0.15) is 0 Å². The van der Waals surface area contributed by atoms with Crippen LogP contribution >= 0.6 is 0 Å². The third kappa shape index (κ3) is 6.06. The van der Waals surface area contributed by atoms with Gasteiger partial charge in [0, 0.05) is 6.54 Å². The molecule has 0 aliphatic rings. The Labute approximate surface area is 112 Å². The van der Waals surface area contributed by atoms with Crippen LogP contribution in [0.2, 0.25) is 0 Å². The smallest absolute Gasteiger partial charge is 0.122 e. The lowest BCUT2D eigenvalue weighted by Crippen LogP contribution is -2.25. The van der Waals surface area contributed by atoms with E-state index in [0.29, 0.717) is 5.41 Å². The molecule has 0 aliphatic carbocycles. The highest BCUT2D eigenvalue weighted by molar-refractivity contribution is 5.35. The summed E-state index contributed by atoms with van der Waals surface area (Å²) in [6.45, 7) is 13.7. The van der Waals surface area contributed by atoms with Crippen LogP contribution in [0.5, 0.6) is 5.75 Å². The second kappa shape index (κ2) is 6.79. The molecule has 1 N–H and O–H groups in total. The highest BCUT2D eigenvalue weighted by atomic mass is 16.5. The van der Waals surface area contributed by atoms with Crippen molar-refractivity contribution < 1.29 is 4.74 Å². The van der Waals surface area contributed by atoms with E-state index in [9.17, 15) is 0 Å². The fourth-order valence-electron chi connectivity index (χ4n) is 1.78. The molecular weight excluding hydrogens is 222 g/mol. The van der Waals surface area contributed by atoms with Crippen molar-refractivity contribution in [3.05, 3.63) is 29.3 Å². The van der Waals surface area contributed by atoms with Gasteiger partial charge in [0.15, 0.2) is 0 Å². The Morgan fingerprint density at radius 3 is 2.44 bits per heavy atom. The van der Waals surface area contributed by atoms with E-state index in [-0.39, 0.29) is 0 Å². The van der Waals surface area contributed by atoms with E-state index in [0.717, 1.165) is 25.4 Å². The summed E-state index contributed by atoms with van der Waals surface area (Å²) >= 11 is 0. The van der Waals surface area contributed by atoms with Crippen molar-refractivity contribution in [1.82, 2.24) is 5.32 Å². The van der Waals surface area contributed by atoms with Gasteiger partial charge in [-0.1, -0.05) is 38.5 Å². The lowest BCUT2D eigenvalue weighted by molar-refractivity contribution is 0.302. The fourth-order valence-corrected chi connectivity index (χ4v) is 1.78. The number of hydrogen-bond donors (Lipinski definition) is 1. The molecule has 1 rings (SSSR count). The molecule has 0 radical (unpaired) electrons. The standard InChI is InChI=1S/C16H27NO/c1-13-6-7-15(14(2)12-13)18-11-10-17-9-8-16(3,4)5/h6-7,12,17H,8-11H2,1-5H3. The number of rotatable bonds is 6. The number of ether oxygens (including phenoxy) is 1. The summed E-state index contributed by atoms with van der Waals surface area (Å²) in [5.41, 5.74) is 2.90. The Morgan fingerprint density at radius 2 is 1.83 bits per heavy atom. The summed E-state index contributed by atoms with van der Waals surface area (Å²) < 4.78 is 5.76. The first-order valence-electron chi connectivity index (χ1n) is 6.79. The molecule has 0 unspecified atom stereocenters. The minimum absolute atomic E-state index is 0.404. The number of benzene rings is 1. The Morgan fingerprint density at radius 1 is 1.11 bits per heavy atom. The summed E-state index contributed by atoms with van der Waals surface area (Å²) in [4.78, 5) is 0. The molecule has 0 amide bonds. The SMILES string of the molecule is Cc1ccc(OCCNCCC(C)(C)C)c(C)c1. The first kappa shape index (κ1) is 15.0. The van der Waals surface area contributed by atoms with Gasteiger partial charge < -0.3 is 10.1 Å². The van der Waals surface area contributed by atoms with Gasteiger partial charge in [0.05, 0.1) is 0 Å². The molecule has 18 heavy (non-hydrogen) atoms. The maximum atomic E-state index is 5.76. The molecule has 0 atom stereocenters. The van der Waals surface area contributed by atoms with Gasteiger partial charge in [-0.3, -0.25) is 0 Å². The number of hydrogen-bond acceptors (Lipinski definition) is 2. The number of nitrogens with one attached hydrogen (secondary N) is 1. The van der Waals surface area contributed by atoms with Crippen molar-refractivity contribution in [3.63, 3.8) is 0 Å². The zero-order valence-corrected chi connectivity index (χ0v) is 12.5. The normalized spacial score (nSPS) is 11.6. The number of aryl methyl sites for hydroxylation is 2. The minimum atomic E-state index is 0.404. The van der Waals surface area contributed by atoms with Gasteiger partial charge in [-0.25, -0.2) is 0 Å². The Balaban J connectivity index is 2.18. The second-order valence-electron chi connectivity index (χ2n) is 6.18. The van der Waals surface area contributed by atoms with Crippen molar-refractivity contribution in [2.45, 2.75) is 41.0 Å². The molecule has 102 valence electrons. The van der Waals surface area contributed by atoms with Crippen LogP contribution in [0.25, 0.3) is 0 Å². The van der Waals surface area contributed by atoms with Crippen molar-refractivity contribution in [1.29, 1.82) is 0 Å². The highest BCUT2D eigenvalue weighted by Gasteiger charge is 2.08. The van der Waals surface area contributed by atoms with Crippen LogP contribution in [0.4, 0.5) is 0 Å². The third-order valence-electron chi connectivity index (χ3n) is 2.92. The first-order valence-corrected chi connectivity index (χ1v) is 6.79. The molecule has 1 aromatic rings. The van der Waals surface area contributed by atoms with Crippen LogP contribution < -0.4 is 10.1 Å². The van der Waals surface area contributed by atoms with Crippen molar-refractivity contribution in [3.8, 4) is 5.75 Å². The molecule has 0 saturated heterocycles. The lowest BCUT2D eigenvalue weighted by Gasteiger charge is -2.18. The van der Waals surface area contributed by atoms with E-state index in [1.807, 2.05) is 0 Å². The first-order chi connectivity index (χ1) is 8.38. The topological polar surface area (TPSA) is 21.3 Å². The van der Waals surface area contributed by atoms with Gasteiger partial charge in [-0.05, 0) is 43.9 Å². The molecule has 2 heteroatoms. The van der Waals surface area contributed by atoms with Crippen molar-refractivity contribution in [2.24, 2.45) is 5.41 Å². The van der Waals surface area contributed by atoms with Crippen LogP contribution in [0.1, 0.15) is 38.3 Å². The Hall–Kier alpha value is -1.02. The van der Waals surface area contributed by atoms with Crippen molar-refractivity contribution in [2.75, 3.05) is 19.7 Å². The predicted molar refractivity (Wildman–Crippen MR) is 78.4 cm³/mol. The van der Waals surface area contributed by atoms with Gasteiger partial charge in [-0.15, -0.1) is 0 Å². The van der Waals surface area contributed by atoms with Gasteiger partial charge >= 0.3 is 0 Å². The summed E-state index contributed by atoms with van der Waals surface area (Å²) in [6.07, 6.45) is 1.19. The average Bonchev–Trinajstić information content (AvgIpc) is 2.24. The van der Waals surface area contributed by atoms with Crippen LogP contribution in [-0.2, 0) is 0 Å². The molecule has 0 saturated carbocycles. The van der Waals surface area contributed by atoms with Gasteiger partial charge in [0.25, 0.3) is 0 Å². The quantitative estimate of drug-likeness (QED) is 0.776. The van der Waals surface area contributed by atoms with Crippen LogP contribution in [-0.4, -0.2) is 19.7 Å². The monoisotopic (exact) mass is 249 g/mol. The van der Waals surface area contributed by atoms with E-state index < -0.39 is 0 Å². The molecule has 0 heterocycles. The third-order valence-corrected chi connectivity index (χ3v) is 2.92. The van der Waals surface area contributed by atoms with Crippen LogP contribution in [0.15, 0.2) is 18.2 Å².